The van der Waals surface area contributed by atoms with Gasteiger partial charge in [-0.15, -0.1) is 5.10 Å². The van der Waals surface area contributed by atoms with Crippen LogP contribution in [0.3, 0.4) is 0 Å². The Morgan fingerprint density at radius 2 is 1.57 bits per heavy atom. The SMILES string of the molecule is O=C1C=C/C(=N\N(Cc2ccccc2)c2ccccc2)O1. The molecule has 2 aromatic carbocycles. The van der Waals surface area contributed by atoms with Gasteiger partial charge in [0.15, 0.2) is 0 Å². The van der Waals surface area contributed by atoms with Gasteiger partial charge in [-0.2, -0.15) is 0 Å². The van der Waals surface area contributed by atoms with Crippen LogP contribution in [0.5, 0.6) is 0 Å². The number of ether oxygens (including phenoxy) is 1. The lowest BCUT2D eigenvalue weighted by molar-refractivity contribution is -0.129. The zero-order valence-corrected chi connectivity index (χ0v) is 11.3. The van der Waals surface area contributed by atoms with E-state index in [9.17, 15) is 4.79 Å². The highest BCUT2D eigenvalue weighted by atomic mass is 16.5. The molecule has 0 amide bonds. The summed E-state index contributed by atoms with van der Waals surface area (Å²) < 4.78 is 5.01. The Morgan fingerprint density at radius 1 is 0.905 bits per heavy atom. The first-order chi connectivity index (χ1) is 10.3. The van der Waals surface area contributed by atoms with Gasteiger partial charge < -0.3 is 4.74 Å². The summed E-state index contributed by atoms with van der Waals surface area (Å²) in [6, 6.07) is 19.8. The van der Waals surface area contributed by atoms with Gasteiger partial charge in [-0.05, 0) is 17.7 Å². The van der Waals surface area contributed by atoms with Crippen LogP contribution in [0.25, 0.3) is 0 Å². The van der Waals surface area contributed by atoms with Crippen molar-refractivity contribution in [2.45, 2.75) is 6.54 Å². The number of para-hydroxylation sites is 1. The Kier molecular flexibility index (Phi) is 3.78. The standard InChI is InChI=1S/C17H14N2O2/c20-17-12-11-16(21-17)18-19(15-9-5-2-6-10-15)13-14-7-3-1-4-8-14/h1-12H,13H2/b18-16+. The van der Waals surface area contributed by atoms with Crippen molar-refractivity contribution in [2.24, 2.45) is 5.10 Å². The molecule has 0 bridgehead atoms. The van der Waals surface area contributed by atoms with Gasteiger partial charge in [-0.25, -0.2) is 4.79 Å². The topological polar surface area (TPSA) is 41.9 Å². The van der Waals surface area contributed by atoms with Crippen molar-refractivity contribution in [3.8, 4) is 0 Å². The molecule has 1 aliphatic rings. The summed E-state index contributed by atoms with van der Waals surface area (Å²) in [7, 11) is 0. The number of hydrogen-bond donors (Lipinski definition) is 0. The van der Waals surface area contributed by atoms with Crippen LogP contribution in [-0.4, -0.2) is 11.9 Å². The number of carbonyl (C=O) groups excluding carboxylic acids is 1. The molecule has 1 aliphatic heterocycles. The van der Waals surface area contributed by atoms with Crippen molar-refractivity contribution in [1.29, 1.82) is 0 Å². The first-order valence-electron chi connectivity index (χ1n) is 6.66. The Hall–Kier alpha value is -2.88. The summed E-state index contributed by atoms with van der Waals surface area (Å²) >= 11 is 0. The smallest absolute Gasteiger partial charge is 0.337 e. The van der Waals surface area contributed by atoms with Crippen molar-refractivity contribution < 1.29 is 9.53 Å². The summed E-state index contributed by atoms with van der Waals surface area (Å²) in [4.78, 5) is 11.1. The summed E-state index contributed by atoms with van der Waals surface area (Å²) in [6.07, 6.45) is 2.94. The molecule has 0 aromatic heterocycles. The van der Waals surface area contributed by atoms with Gasteiger partial charge in [0.25, 0.3) is 0 Å². The van der Waals surface area contributed by atoms with E-state index in [0.29, 0.717) is 12.4 Å². The predicted octanol–water partition coefficient (Wildman–Crippen LogP) is 3.12. The minimum Gasteiger partial charge on any atom is -0.403 e. The molecular weight excluding hydrogens is 264 g/mol. The van der Waals surface area contributed by atoms with Gasteiger partial charge in [-0.3, -0.25) is 5.01 Å². The van der Waals surface area contributed by atoms with Crippen LogP contribution in [0.1, 0.15) is 5.56 Å². The Labute approximate surface area is 123 Å². The lowest BCUT2D eigenvalue weighted by Gasteiger charge is -2.19. The molecule has 104 valence electrons. The number of hydrogen-bond acceptors (Lipinski definition) is 4. The fourth-order valence-electron chi connectivity index (χ4n) is 2.02. The fraction of sp³-hybridized carbons (Fsp3) is 0.0588. The zero-order chi connectivity index (χ0) is 14.5. The number of anilines is 1. The van der Waals surface area contributed by atoms with Crippen molar-refractivity contribution in [2.75, 3.05) is 5.01 Å². The minimum atomic E-state index is -0.388. The second-order valence-corrected chi connectivity index (χ2v) is 4.57. The molecule has 0 fully saturated rings. The number of hydrazone groups is 1. The van der Waals surface area contributed by atoms with E-state index in [1.54, 1.807) is 6.08 Å². The number of nitrogens with zero attached hydrogens (tertiary/aromatic N) is 2. The maximum absolute atomic E-state index is 11.1. The lowest BCUT2D eigenvalue weighted by atomic mass is 10.2. The van der Waals surface area contributed by atoms with Crippen molar-refractivity contribution in [3.05, 3.63) is 78.4 Å². The Morgan fingerprint density at radius 3 is 2.19 bits per heavy atom. The molecule has 0 radical (unpaired) electrons. The van der Waals surface area contributed by atoms with Crippen LogP contribution >= 0.6 is 0 Å². The highest BCUT2D eigenvalue weighted by molar-refractivity contribution is 6.07. The van der Waals surface area contributed by atoms with Gasteiger partial charge in [0, 0.05) is 12.2 Å². The fourth-order valence-corrected chi connectivity index (χ4v) is 2.02. The number of esters is 1. The van der Waals surface area contributed by atoms with Crippen molar-refractivity contribution >= 4 is 17.6 Å². The second kappa shape index (κ2) is 6.05. The van der Waals surface area contributed by atoms with Crippen molar-refractivity contribution in [1.82, 2.24) is 0 Å². The third-order valence-electron chi connectivity index (χ3n) is 3.02. The van der Waals surface area contributed by atoms with E-state index >= 15 is 0 Å². The maximum atomic E-state index is 11.1. The van der Waals surface area contributed by atoms with Crippen molar-refractivity contribution in [3.63, 3.8) is 0 Å². The quantitative estimate of drug-likeness (QED) is 0.637. The number of rotatable bonds is 4. The van der Waals surface area contributed by atoms with E-state index in [1.165, 1.54) is 6.08 Å². The molecule has 21 heavy (non-hydrogen) atoms. The van der Waals surface area contributed by atoms with Gasteiger partial charge in [0.05, 0.1) is 12.2 Å². The molecule has 0 atom stereocenters. The largest absolute Gasteiger partial charge is 0.403 e. The number of benzene rings is 2. The molecule has 4 heteroatoms. The minimum absolute atomic E-state index is 0.305. The van der Waals surface area contributed by atoms with E-state index in [4.69, 9.17) is 4.74 Å². The summed E-state index contributed by atoms with van der Waals surface area (Å²) in [6.45, 7) is 0.597. The molecule has 0 N–H and O–H groups in total. The average molecular weight is 278 g/mol. The molecule has 2 aromatic rings. The van der Waals surface area contributed by atoms with Crippen LogP contribution in [0.4, 0.5) is 5.69 Å². The first kappa shape index (κ1) is 13.1. The monoisotopic (exact) mass is 278 g/mol. The summed E-state index contributed by atoms with van der Waals surface area (Å²) in [5, 5.41) is 6.22. The first-order valence-corrected chi connectivity index (χ1v) is 6.66. The summed E-state index contributed by atoms with van der Waals surface area (Å²) in [5.41, 5.74) is 2.06. The number of cyclic esters (lactones) is 1. The average Bonchev–Trinajstić information content (AvgIpc) is 2.94. The zero-order valence-electron chi connectivity index (χ0n) is 11.3. The van der Waals surface area contributed by atoms with Gasteiger partial charge in [-0.1, -0.05) is 48.5 Å². The van der Waals surface area contributed by atoms with Gasteiger partial charge in [0.2, 0.25) is 5.90 Å². The molecule has 3 rings (SSSR count). The molecule has 1 heterocycles. The third-order valence-corrected chi connectivity index (χ3v) is 3.02. The maximum Gasteiger partial charge on any atom is 0.337 e. The predicted molar refractivity (Wildman–Crippen MR) is 81.7 cm³/mol. The van der Waals surface area contributed by atoms with Crippen LogP contribution in [0, 0.1) is 0 Å². The Balaban J connectivity index is 1.88. The highest BCUT2D eigenvalue weighted by Crippen LogP contribution is 2.18. The Bertz CT molecular complexity index is 678. The molecule has 4 nitrogen and oxygen atoms in total. The summed E-state index contributed by atoms with van der Waals surface area (Å²) in [5.74, 6) is -0.0822. The molecule has 0 unspecified atom stereocenters. The molecule has 0 aliphatic carbocycles. The number of carbonyl (C=O) groups is 1. The van der Waals surface area contributed by atoms with E-state index in [2.05, 4.69) is 5.10 Å². The molecule has 0 spiro atoms. The van der Waals surface area contributed by atoms with Crippen LogP contribution < -0.4 is 5.01 Å². The van der Waals surface area contributed by atoms with Gasteiger partial charge >= 0.3 is 5.97 Å². The molecular formula is C17H14N2O2. The normalized spacial score (nSPS) is 15.2. The molecule has 0 saturated carbocycles. The van der Waals surface area contributed by atoms with E-state index in [1.807, 2.05) is 65.7 Å². The van der Waals surface area contributed by atoms with Crippen LogP contribution in [0.15, 0.2) is 77.9 Å². The highest BCUT2D eigenvalue weighted by Gasteiger charge is 2.14. The van der Waals surface area contributed by atoms with Crippen LogP contribution in [-0.2, 0) is 16.1 Å². The lowest BCUT2D eigenvalue weighted by Crippen LogP contribution is -2.18. The second-order valence-electron chi connectivity index (χ2n) is 4.57. The molecule has 0 saturated heterocycles. The van der Waals surface area contributed by atoms with Crippen LogP contribution in [0.2, 0.25) is 0 Å². The van der Waals surface area contributed by atoms with E-state index in [0.717, 1.165) is 11.3 Å². The van der Waals surface area contributed by atoms with Gasteiger partial charge in [0.1, 0.15) is 0 Å². The third kappa shape index (κ3) is 3.36. The van der Waals surface area contributed by atoms with E-state index in [-0.39, 0.29) is 5.97 Å². The van der Waals surface area contributed by atoms with E-state index < -0.39 is 0 Å².